The molecule has 0 spiro atoms. The van der Waals surface area contributed by atoms with Gasteiger partial charge in [0.1, 0.15) is 0 Å². The van der Waals surface area contributed by atoms with E-state index in [4.69, 9.17) is 0 Å². The minimum absolute atomic E-state index is 0.242. The van der Waals surface area contributed by atoms with Gasteiger partial charge in [-0.1, -0.05) is 39.3 Å². The van der Waals surface area contributed by atoms with Crippen LogP contribution in [0.5, 0.6) is 0 Å². The number of allylic oxidation sites excluding steroid dienone is 4. The van der Waals surface area contributed by atoms with Crippen LogP contribution < -0.4 is 0 Å². The predicted molar refractivity (Wildman–Crippen MR) is 95.0 cm³/mol. The van der Waals surface area contributed by atoms with Crippen molar-refractivity contribution in [2.24, 2.45) is 34.0 Å². The van der Waals surface area contributed by atoms with Crippen molar-refractivity contribution < 1.29 is 4.79 Å². The summed E-state index contributed by atoms with van der Waals surface area (Å²) in [6.45, 7) is 12.3. The van der Waals surface area contributed by atoms with Gasteiger partial charge in [-0.15, -0.1) is 0 Å². The minimum atomic E-state index is 0.242. The molecule has 0 bridgehead atoms. The smallest absolute Gasteiger partial charge is 0.156 e. The Labute approximate surface area is 141 Å². The Bertz CT molecular complexity index is 622. The quantitative estimate of drug-likeness (QED) is 0.560. The number of rotatable bonds is 0. The second-order valence-corrected chi connectivity index (χ2v) is 9.96. The number of fused-ring (bicyclic) bond motifs is 5. The van der Waals surface area contributed by atoms with E-state index in [0.717, 1.165) is 30.6 Å². The molecule has 0 aromatic rings. The summed E-state index contributed by atoms with van der Waals surface area (Å²) in [5, 5.41) is 0. The van der Waals surface area contributed by atoms with Crippen LogP contribution in [-0.2, 0) is 4.79 Å². The summed E-state index contributed by atoms with van der Waals surface area (Å²) in [6, 6.07) is 0. The zero-order chi connectivity index (χ0) is 16.6. The van der Waals surface area contributed by atoms with E-state index in [1.807, 2.05) is 6.08 Å². The van der Waals surface area contributed by atoms with Crippen molar-refractivity contribution in [2.75, 3.05) is 0 Å². The number of carbonyl (C=O) groups excluding carboxylic acids is 1. The molecule has 4 rings (SSSR count). The Morgan fingerprint density at radius 1 is 1.00 bits per heavy atom. The van der Waals surface area contributed by atoms with Crippen LogP contribution in [0.2, 0.25) is 0 Å². The van der Waals surface area contributed by atoms with E-state index in [1.54, 1.807) is 0 Å². The molecule has 0 aromatic carbocycles. The Morgan fingerprint density at radius 3 is 2.43 bits per heavy atom. The molecule has 1 nitrogen and oxygen atoms in total. The zero-order valence-corrected chi connectivity index (χ0v) is 15.5. The summed E-state index contributed by atoms with van der Waals surface area (Å²) < 4.78 is 0. The number of hydrogen-bond donors (Lipinski definition) is 0. The van der Waals surface area contributed by atoms with E-state index in [2.05, 4.69) is 40.7 Å². The van der Waals surface area contributed by atoms with Crippen LogP contribution in [-0.4, -0.2) is 5.78 Å². The molecule has 5 atom stereocenters. The van der Waals surface area contributed by atoms with Crippen molar-refractivity contribution in [3.63, 3.8) is 0 Å². The van der Waals surface area contributed by atoms with Gasteiger partial charge in [-0.25, -0.2) is 0 Å². The van der Waals surface area contributed by atoms with E-state index < -0.39 is 0 Å². The van der Waals surface area contributed by atoms with E-state index in [-0.39, 0.29) is 5.41 Å². The van der Waals surface area contributed by atoms with Gasteiger partial charge in [0.25, 0.3) is 0 Å². The highest BCUT2D eigenvalue weighted by Crippen LogP contribution is 2.69. The van der Waals surface area contributed by atoms with Crippen molar-refractivity contribution in [1.29, 1.82) is 0 Å². The van der Waals surface area contributed by atoms with E-state index >= 15 is 0 Å². The SMILES string of the molecule is CC1=CC2C(CC[C@@]3(C)C2CCC3(C)C)[C@@]2(C)CCC(=O)C=C12. The molecule has 0 saturated heterocycles. The molecule has 0 aromatic heterocycles. The summed E-state index contributed by atoms with van der Waals surface area (Å²) in [5.41, 5.74) is 3.98. The van der Waals surface area contributed by atoms with Gasteiger partial charge in [0.05, 0.1) is 0 Å². The van der Waals surface area contributed by atoms with E-state index in [9.17, 15) is 4.79 Å². The van der Waals surface area contributed by atoms with Crippen LogP contribution in [0, 0.1) is 34.0 Å². The van der Waals surface area contributed by atoms with Crippen molar-refractivity contribution >= 4 is 5.78 Å². The van der Waals surface area contributed by atoms with Crippen LogP contribution in [0.25, 0.3) is 0 Å². The van der Waals surface area contributed by atoms with Crippen molar-refractivity contribution in [3.8, 4) is 0 Å². The maximum absolute atomic E-state index is 12.0. The Kier molecular flexibility index (Phi) is 3.14. The lowest BCUT2D eigenvalue weighted by Gasteiger charge is -2.58. The lowest BCUT2D eigenvalue weighted by molar-refractivity contribution is -0.116. The summed E-state index contributed by atoms with van der Waals surface area (Å²) in [5.74, 6) is 2.65. The molecule has 3 unspecified atom stereocenters. The zero-order valence-electron chi connectivity index (χ0n) is 15.5. The molecule has 4 aliphatic carbocycles. The third kappa shape index (κ3) is 1.88. The van der Waals surface area contributed by atoms with Gasteiger partial charge in [0.2, 0.25) is 0 Å². The first-order chi connectivity index (χ1) is 10.7. The third-order valence-electron chi connectivity index (χ3n) is 8.85. The first kappa shape index (κ1) is 15.7. The molecule has 0 heterocycles. The van der Waals surface area contributed by atoms with Gasteiger partial charge in [-0.05, 0) is 84.7 Å². The van der Waals surface area contributed by atoms with E-state index in [1.165, 1.54) is 36.8 Å². The lowest BCUT2D eigenvalue weighted by Crippen LogP contribution is -2.50. The molecule has 2 saturated carbocycles. The third-order valence-corrected chi connectivity index (χ3v) is 8.85. The Morgan fingerprint density at radius 2 is 1.70 bits per heavy atom. The van der Waals surface area contributed by atoms with Crippen molar-refractivity contribution in [3.05, 3.63) is 23.3 Å². The molecule has 4 aliphatic rings. The van der Waals surface area contributed by atoms with Gasteiger partial charge >= 0.3 is 0 Å². The predicted octanol–water partition coefficient (Wildman–Crippen LogP) is 5.71. The molecule has 0 aliphatic heterocycles. The monoisotopic (exact) mass is 312 g/mol. The molecule has 0 N–H and O–H groups in total. The van der Waals surface area contributed by atoms with Gasteiger partial charge in [0.15, 0.2) is 5.78 Å². The fourth-order valence-corrected chi connectivity index (χ4v) is 6.91. The second-order valence-electron chi connectivity index (χ2n) is 9.96. The minimum Gasteiger partial charge on any atom is -0.295 e. The van der Waals surface area contributed by atoms with Crippen molar-refractivity contribution in [1.82, 2.24) is 0 Å². The topological polar surface area (TPSA) is 17.1 Å². The molecule has 1 heteroatoms. The first-order valence-electron chi connectivity index (χ1n) is 9.63. The number of ketones is 1. The maximum atomic E-state index is 12.0. The largest absolute Gasteiger partial charge is 0.295 e. The Hall–Kier alpha value is -0.850. The molecule has 0 amide bonds. The van der Waals surface area contributed by atoms with Gasteiger partial charge in [-0.3, -0.25) is 4.79 Å². The Balaban J connectivity index is 1.80. The summed E-state index contributed by atoms with van der Waals surface area (Å²) in [4.78, 5) is 12.0. The van der Waals surface area contributed by atoms with Gasteiger partial charge in [-0.2, -0.15) is 0 Å². The fourth-order valence-electron chi connectivity index (χ4n) is 6.91. The van der Waals surface area contributed by atoms with Gasteiger partial charge in [0, 0.05) is 6.42 Å². The lowest BCUT2D eigenvalue weighted by atomic mass is 9.46. The standard InChI is InChI=1S/C22H32O/c1-14-12-16-17(21(4)10-6-15(23)13-19(14)21)8-11-22(5)18(16)7-9-20(22,2)3/h12-13,16-18H,6-11H2,1-5H3/t16?,17?,18?,21-,22+/m1/s1. The van der Waals surface area contributed by atoms with Crippen LogP contribution >= 0.6 is 0 Å². The number of carbonyl (C=O) groups is 1. The highest BCUT2D eigenvalue weighted by Gasteiger charge is 2.60. The summed E-state index contributed by atoms with van der Waals surface area (Å²) >= 11 is 0. The average Bonchev–Trinajstić information content (AvgIpc) is 2.72. The molecule has 2 fully saturated rings. The molecule has 126 valence electrons. The van der Waals surface area contributed by atoms with Crippen molar-refractivity contribution in [2.45, 2.75) is 73.1 Å². The molecular weight excluding hydrogens is 280 g/mol. The second kappa shape index (κ2) is 4.61. The summed E-state index contributed by atoms with van der Waals surface area (Å²) in [6.07, 6.45) is 11.9. The average molecular weight is 312 g/mol. The number of hydrogen-bond acceptors (Lipinski definition) is 1. The fraction of sp³-hybridized carbons (Fsp3) is 0.773. The van der Waals surface area contributed by atoms with E-state index in [0.29, 0.717) is 16.6 Å². The van der Waals surface area contributed by atoms with Crippen LogP contribution in [0.15, 0.2) is 23.3 Å². The maximum Gasteiger partial charge on any atom is 0.156 e. The summed E-state index contributed by atoms with van der Waals surface area (Å²) in [7, 11) is 0. The van der Waals surface area contributed by atoms with Crippen LogP contribution in [0.1, 0.15) is 73.1 Å². The molecule has 0 radical (unpaired) electrons. The highest BCUT2D eigenvalue weighted by molar-refractivity contribution is 5.92. The normalized spacial score (nSPS) is 48.0. The van der Waals surface area contributed by atoms with Crippen LogP contribution in [0.3, 0.4) is 0 Å². The molecular formula is C22H32O. The van der Waals surface area contributed by atoms with Gasteiger partial charge < -0.3 is 0 Å². The first-order valence-corrected chi connectivity index (χ1v) is 9.63. The molecule has 23 heavy (non-hydrogen) atoms. The van der Waals surface area contributed by atoms with Crippen LogP contribution in [0.4, 0.5) is 0 Å². The highest BCUT2D eigenvalue weighted by atomic mass is 16.1.